The van der Waals surface area contributed by atoms with Crippen molar-refractivity contribution in [2.24, 2.45) is 0 Å². The quantitative estimate of drug-likeness (QED) is 0.359. The first-order valence-electron chi connectivity index (χ1n) is 9.38. The fourth-order valence-electron chi connectivity index (χ4n) is 2.64. The van der Waals surface area contributed by atoms with Crippen molar-refractivity contribution in [2.75, 3.05) is 6.61 Å². The van der Waals surface area contributed by atoms with Gasteiger partial charge < -0.3 is 9.47 Å². The van der Waals surface area contributed by atoms with Crippen molar-refractivity contribution in [1.29, 1.82) is 0 Å². The van der Waals surface area contributed by atoms with E-state index in [1.54, 1.807) is 6.08 Å². The molecule has 0 aliphatic heterocycles. The maximum absolute atomic E-state index is 11.3. The average Bonchev–Trinajstić information content (AvgIpc) is 2.72. The summed E-state index contributed by atoms with van der Waals surface area (Å²) >= 11 is 0. The van der Waals surface area contributed by atoms with E-state index >= 15 is 0 Å². The van der Waals surface area contributed by atoms with Crippen LogP contribution in [0.25, 0.3) is 0 Å². The summed E-state index contributed by atoms with van der Waals surface area (Å²) < 4.78 is 11.8. The molecule has 3 heteroatoms. The van der Waals surface area contributed by atoms with Gasteiger partial charge in [-0.1, -0.05) is 73.3 Å². The second-order valence-electron chi connectivity index (χ2n) is 6.34. The molecule has 0 aliphatic rings. The topological polar surface area (TPSA) is 35.5 Å². The number of ketones is 1. The second-order valence-corrected chi connectivity index (χ2v) is 6.34. The van der Waals surface area contributed by atoms with Gasteiger partial charge in [-0.25, -0.2) is 0 Å². The summed E-state index contributed by atoms with van der Waals surface area (Å²) in [7, 11) is 0. The van der Waals surface area contributed by atoms with Crippen LogP contribution in [-0.2, 0) is 27.5 Å². The summed E-state index contributed by atoms with van der Waals surface area (Å²) in [6.45, 7) is 5.37. The third-order valence-corrected chi connectivity index (χ3v) is 4.14. The summed E-state index contributed by atoms with van der Waals surface area (Å²) in [5.41, 5.74) is 2.33. The van der Waals surface area contributed by atoms with E-state index in [1.165, 1.54) is 11.6 Å². The first kappa shape index (κ1) is 20.8. The lowest BCUT2D eigenvalue weighted by atomic mass is 10.1. The van der Waals surface area contributed by atoms with Crippen LogP contribution in [0, 0.1) is 0 Å². The Morgan fingerprint density at radius 2 is 1.59 bits per heavy atom. The van der Waals surface area contributed by atoms with Crippen molar-refractivity contribution in [1.82, 2.24) is 0 Å². The second kappa shape index (κ2) is 12.8. The fraction of sp³-hybridized carbons (Fsp3) is 0.292. The van der Waals surface area contributed by atoms with Gasteiger partial charge in [-0.05, 0) is 42.5 Å². The number of carbonyl (C=O) groups is 1. The maximum atomic E-state index is 11.3. The third-order valence-electron chi connectivity index (χ3n) is 4.14. The number of carbonyl (C=O) groups excluding carboxylic acids is 1. The van der Waals surface area contributed by atoms with E-state index in [0.717, 1.165) is 18.4 Å². The molecule has 0 bridgehead atoms. The Hall–Kier alpha value is -2.49. The minimum Gasteiger partial charge on any atom is -0.377 e. The van der Waals surface area contributed by atoms with Crippen LogP contribution in [0.4, 0.5) is 0 Å². The Kier molecular flexibility index (Phi) is 9.87. The number of hydrogen-bond acceptors (Lipinski definition) is 3. The molecular formula is C24H28O3. The Balaban J connectivity index is 1.74. The molecule has 0 aromatic heterocycles. The largest absolute Gasteiger partial charge is 0.377 e. The van der Waals surface area contributed by atoms with E-state index in [4.69, 9.17) is 9.47 Å². The van der Waals surface area contributed by atoms with Gasteiger partial charge in [-0.3, -0.25) is 4.79 Å². The minimum atomic E-state index is -0.0806. The molecule has 0 amide bonds. The van der Waals surface area contributed by atoms with Crippen molar-refractivity contribution >= 4 is 5.78 Å². The van der Waals surface area contributed by atoms with Crippen molar-refractivity contribution in [3.05, 3.63) is 96.6 Å². The highest BCUT2D eigenvalue weighted by Gasteiger charge is 2.08. The highest BCUT2D eigenvalue weighted by atomic mass is 16.5. The molecule has 0 radical (unpaired) electrons. The van der Waals surface area contributed by atoms with Crippen molar-refractivity contribution < 1.29 is 14.3 Å². The van der Waals surface area contributed by atoms with E-state index in [0.29, 0.717) is 26.2 Å². The fourth-order valence-corrected chi connectivity index (χ4v) is 2.64. The van der Waals surface area contributed by atoms with Crippen LogP contribution in [0.3, 0.4) is 0 Å². The van der Waals surface area contributed by atoms with Crippen LogP contribution in [0.1, 0.15) is 30.4 Å². The summed E-state index contributed by atoms with van der Waals surface area (Å²) in [5.74, 6) is -0.0806. The SMILES string of the molecule is C=CC(=O)C=CC[C@@H](CCCOCc1ccccc1)OCc1ccccc1. The molecule has 2 aromatic rings. The molecule has 0 heterocycles. The van der Waals surface area contributed by atoms with Crippen LogP contribution in [-0.4, -0.2) is 18.5 Å². The molecule has 0 fully saturated rings. The molecule has 0 unspecified atom stereocenters. The lowest BCUT2D eigenvalue weighted by Gasteiger charge is -2.16. The van der Waals surface area contributed by atoms with E-state index in [1.807, 2.05) is 42.5 Å². The van der Waals surface area contributed by atoms with Crippen LogP contribution in [0.15, 0.2) is 85.5 Å². The molecule has 1 atom stereocenters. The molecule has 27 heavy (non-hydrogen) atoms. The maximum Gasteiger partial charge on any atom is 0.177 e. The average molecular weight is 364 g/mol. The summed E-state index contributed by atoms with van der Waals surface area (Å²) in [4.78, 5) is 11.3. The van der Waals surface area contributed by atoms with E-state index in [-0.39, 0.29) is 11.9 Å². The number of benzene rings is 2. The van der Waals surface area contributed by atoms with Crippen molar-refractivity contribution in [3.8, 4) is 0 Å². The zero-order chi connectivity index (χ0) is 19.2. The first-order chi connectivity index (χ1) is 13.3. The molecule has 2 rings (SSSR count). The normalized spacial score (nSPS) is 12.1. The number of allylic oxidation sites excluding steroid dienone is 2. The van der Waals surface area contributed by atoms with Crippen molar-refractivity contribution in [3.63, 3.8) is 0 Å². The summed E-state index contributed by atoms with van der Waals surface area (Å²) in [6.07, 6.45) is 7.28. The first-order valence-corrected chi connectivity index (χ1v) is 9.38. The molecule has 0 aliphatic carbocycles. The zero-order valence-corrected chi connectivity index (χ0v) is 15.8. The summed E-state index contributed by atoms with van der Waals surface area (Å²) in [6, 6.07) is 20.3. The molecule has 142 valence electrons. The monoisotopic (exact) mass is 364 g/mol. The number of hydrogen-bond donors (Lipinski definition) is 0. The minimum absolute atomic E-state index is 0.0550. The molecule has 0 saturated carbocycles. The van der Waals surface area contributed by atoms with Gasteiger partial charge >= 0.3 is 0 Å². The van der Waals surface area contributed by atoms with Gasteiger partial charge in [0, 0.05) is 6.61 Å². The molecule has 0 saturated heterocycles. The van der Waals surface area contributed by atoms with Gasteiger partial charge in [-0.2, -0.15) is 0 Å². The zero-order valence-electron chi connectivity index (χ0n) is 15.8. The molecule has 3 nitrogen and oxygen atoms in total. The van der Waals surface area contributed by atoms with E-state index in [9.17, 15) is 4.79 Å². The lowest BCUT2D eigenvalue weighted by Crippen LogP contribution is -2.13. The summed E-state index contributed by atoms with van der Waals surface area (Å²) in [5, 5.41) is 0. The highest BCUT2D eigenvalue weighted by Crippen LogP contribution is 2.13. The van der Waals surface area contributed by atoms with E-state index in [2.05, 4.69) is 30.8 Å². The van der Waals surface area contributed by atoms with Gasteiger partial charge in [0.05, 0.1) is 19.3 Å². The Labute approximate surface area is 162 Å². The van der Waals surface area contributed by atoms with Gasteiger partial charge in [-0.15, -0.1) is 0 Å². The number of rotatable bonds is 13. The van der Waals surface area contributed by atoms with Crippen LogP contribution < -0.4 is 0 Å². The van der Waals surface area contributed by atoms with Gasteiger partial charge in [0.15, 0.2) is 5.78 Å². The van der Waals surface area contributed by atoms with Crippen molar-refractivity contribution in [2.45, 2.75) is 38.6 Å². The predicted octanol–water partition coefficient (Wildman–Crippen LogP) is 5.27. The van der Waals surface area contributed by atoms with E-state index < -0.39 is 0 Å². The molecular weight excluding hydrogens is 336 g/mol. The lowest BCUT2D eigenvalue weighted by molar-refractivity contribution is -0.110. The predicted molar refractivity (Wildman–Crippen MR) is 109 cm³/mol. The Morgan fingerprint density at radius 3 is 2.22 bits per heavy atom. The highest BCUT2D eigenvalue weighted by molar-refractivity contribution is 5.98. The Morgan fingerprint density at radius 1 is 0.963 bits per heavy atom. The van der Waals surface area contributed by atoms with Crippen LogP contribution in [0.2, 0.25) is 0 Å². The van der Waals surface area contributed by atoms with Crippen LogP contribution >= 0.6 is 0 Å². The smallest absolute Gasteiger partial charge is 0.177 e. The Bertz CT molecular complexity index is 692. The number of ether oxygens (including phenoxy) is 2. The van der Waals surface area contributed by atoms with Gasteiger partial charge in [0.2, 0.25) is 0 Å². The van der Waals surface area contributed by atoms with Crippen LogP contribution in [0.5, 0.6) is 0 Å². The standard InChI is InChI=1S/C24H28O3/c1-2-23(25)15-9-16-24(27-20-22-13-7-4-8-14-22)17-10-18-26-19-21-11-5-3-6-12-21/h2-9,11-15,24H,1,10,16-20H2/t24-/m0/s1. The van der Waals surface area contributed by atoms with Gasteiger partial charge in [0.1, 0.15) is 0 Å². The van der Waals surface area contributed by atoms with Gasteiger partial charge in [0.25, 0.3) is 0 Å². The molecule has 0 spiro atoms. The molecule has 0 N–H and O–H groups in total. The molecule has 2 aromatic carbocycles. The third kappa shape index (κ3) is 9.13.